The van der Waals surface area contributed by atoms with Gasteiger partial charge in [-0.15, -0.1) is 0 Å². The van der Waals surface area contributed by atoms with E-state index in [4.69, 9.17) is 4.74 Å². The highest BCUT2D eigenvalue weighted by molar-refractivity contribution is 6.03. The van der Waals surface area contributed by atoms with Crippen LogP contribution in [0.3, 0.4) is 0 Å². The third-order valence-corrected chi connectivity index (χ3v) is 8.31. The van der Waals surface area contributed by atoms with Crippen molar-refractivity contribution in [3.63, 3.8) is 0 Å². The number of methoxy groups -OCH3 is 1. The maximum Gasteiger partial charge on any atom is 0.416 e. The summed E-state index contributed by atoms with van der Waals surface area (Å²) < 4.78 is 101. The summed E-state index contributed by atoms with van der Waals surface area (Å²) in [4.78, 5) is 31.9. The molecule has 1 saturated heterocycles. The molecule has 2 aromatic carbocycles. The van der Waals surface area contributed by atoms with E-state index >= 15 is 0 Å². The molecule has 13 heteroatoms. The van der Waals surface area contributed by atoms with Gasteiger partial charge in [-0.3, -0.25) is 19.9 Å². The minimum absolute atomic E-state index is 0.00801. The van der Waals surface area contributed by atoms with Crippen LogP contribution < -0.4 is 10.2 Å². The standard InChI is InChI=1S/C32H32F7N3O3/c1-17-11-21(33)7-8-22(17)23-15-25(24-9-10-30(4,41-24)28(44)45-6)40-16-26(23)42(5)27(43)29(2,3)18-12-19(31(34,35)36)14-20(13-18)32(37,38)39/h7-8,11-16,24,41H,9-10H2,1-6H3/t24-,30+/m1/s1. The van der Waals surface area contributed by atoms with Crippen LogP contribution in [0.4, 0.5) is 36.4 Å². The molecule has 3 aromatic rings. The number of ether oxygens (including phenoxy) is 1. The third-order valence-electron chi connectivity index (χ3n) is 8.31. The molecule has 1 aliphatic rings. The Morgan fingerprint density at radius 3 is 2.07 bits per heavy atom. The Morgan fingerprint density at radius 1 is 0.956 bits per heavy atom. The lowest BCUT2D eigenvalue weighted by Crippen LogP contribution is -2.46. The van der Waals surface area contributed by atoms with Crippen LogP contribution in [0.1, 0.15) is 67.6 Å². The van der Waals surface area contributed by atoms with E-state index in [1.807, 2.05) is 0 Å². The van der Waals surface area contributed by atoms with Crippen LogP contribution in [0.15, 0.2) is 48.7 Å². The number of hydrogen-bond donors (Lipinski definition) is 1. The Morgan fingerprint density at radius 2 is 1.53 bits per heavy atom. The van der Waals surface area contributed by atoms with Crippen LogP contribution in [-0.2, 0) is 32.1 Å². The van der Waals surface area contributed by atoms with Crippen molar-refractivity contribution in [2.24, 2.45) is 0 Å². The number of alkyl halides is 6. The summed E-state index contributed by atoms with van der Waals surface area (Å²) in [5.41, 5.74) is -4.27. The molecule has 1 aliphatic heterocycles. The molecule has 0 spiro atoms. The molecule has 1 fully saturated rings. The molecule has 2 atom stereocenters. The number of likely N-dealkylation sites (N-methyl/N-ethyl adjacent to an activating group) is 1. The summed E-state index contributed by atoms with van der Waals surface area (Å²) in [6.07, 6.45) is -7.86. The number of halogens is 7. The molecule has 0 bridgehead atoms. The van der Waals surface area contributed by atoms with E-state index in [2.05, 4.69) is 10.3 Å². The van der Waals surface area contributed by atoms with E-state index in [0.717, 1.165) is 4.90 Å². The van der Waals surface area contributed by atoms with E-state index in [-0.39, 0.29) is 11.8 Å². The smallest absolute Gasteiger partial charge is 0.416 e. The highest BCUT2D eigenvalue weighted by Crippen LogP contribution is 2.42. The lowest BCUT2D eigenvalue weighted by Gasteiger charge is -2.32. The van der Waals surface area contributed by atoms with E-state index in [0.29, 0.717) is 47.4 Å². The van der Waals surface area contributed by atoms with Crippen LogP contribution in [0, 0.1) is 12.7 Å². The number of carbonyl (C=O) groups is 2. The van der Waals surface area contributed by atoms with E-state index in [9.17, 15) is 40.3 Å². The van der Waals surface area contributed by atoms with Crippen molar-refractivity contribution < 1.29 is 45.1 Å². The van der Waals surface area contributed by atoms with E-state index in [1.54, 1.807) is 19.9 Å². The summed E-state index contributed by atoms with van der Waals surface area (Å²) in [6, 6.07) is 6.36. The van der Waals surface area contributed by atoms with Gasteiger partial charge in [-0.2, -0.15) is 26.3 Å². The minimum atomic E-state index is -5.09. The molecule has 0 aliphatic carbocycles. The fourth-order valence-electron chi connectivity index (χ4n) is 5.61. The quantitative estimate of drug-likeness (QED) is 0.223. The zero-order valence-electron chi connectivity index (χ0n) is 25.4. The summed E-state index contributed by atoms with van der Waals surface area (Å²) in [5.74, 6) is -1.77. The van der Waals surface area contributed by atoms with Crippen LogP contribution in [0.5, 0.6) is 0 Å². The number of benzene rings is 2. The Balaban J connectivity index is 1.81. The number of rotatable bonds is 6. The second-order valence-electron chi connectivity index (χ2n) is 11.9. The second kappa shape index (κ2) is 11.7. The molecule has 1 N–H and O–H groups in total. The normalized spacial score (nSPS) is 19.0. The van der Waals surface area contributed by atoms with Gasteiger partial charge in [-0.25, -0.2) is 4.39 Å². The number of pyridine rings is 1. The highest BCUT2D eigenvalue weighted by atomic mass is 19.4. The number of amides is 1. The van der Waals surface area contributed by atoms with Crippen molar-refractivity contribution >= 4 is 17.6 Å². The molecule has 0 radical (unpaired) electrons. The molecule has 45 heavy (non-hydrogen) atoms. The fourth-order valence-corrected chi connectivity index (χ4v) is 5.61. The first-order valence-corrected chi connectivity index (χ1v) is 13.9. The molecule has 242 valence electrons. The van der Waals surface area contributed by atoms with Gasteiger partial charge in [0.25, 0.3) is 0 Å². The van der Waals surface area contributed by atoms with Gasteiger partial charge in [0.05, 0.1) is 47.3 Å². The van der Waals surface area contributed by atoms with Gasteiger partial charge < -0.3 is 9.64 Å². The molecule has 6 nitrogen and oxygen atoms in total. The number of hydrogen-bond acceptors (Lipinski definition) is 5. The van der Waals surface area contributed by atoms with E-state index < -0.39 is 63.7 Å². The van der Waals surface area contributed by atoms with Gasteiger partial charge in [0.15, 0.2) is 0 Å². The number of esters is 1. The van der Waals surface area contributed by atoms with Gasteiger partial charge >= 0.3 is 18.3 Å². The summed E-state index contributed by atoms with van der Waals surface area (Å²) >= 11 is 0. The predicted molar refractivity (Wildman–Crippen MR) is 153 cm³/mol. The number of aryl methyl sites for hydroxylation is 1. The van der Waals surface area contributed by atoms with Crippen LogP contribution in [0.2, 0.25) is 0 Å². The van der Waals surface area contributed by atoms with Gasteiger partial charge in [0.1, 0.15) is 11.4 Å². The van der Waals surface area contributed by atoms with Crippen molar-refractivity contribution in [2.75, 3.05) is 19.1 Å². The Bertz CT molecular complexity index is 1600. The molecule has 2 heterocycles. The monoisotopic (exact) mass is 639 g/mol. The van der Waals surface area contributed by atoms with Crippen molar-refractivity contribution in [1.82, 2.24) is 10.3 Å². The SMILES string of the molecule is COC(=O)[C@]1(C)CC[C@H](c2cc(-c3ccc(F)cc3C)c(N(C)C(=O)C(C)(C)c3cc(C(F)(F)F)cc(C(F)(F)F)c3)cn2)N1. The number of carbonyl (C=O) groups excluding carboxylic acids is 2. The molecule has 1 aromatic heterocycles. The van der Waals surface area contributed by atoms with E-state index in [1.165, 1.54) is 52.4 Å². The summed E-state index contributed by atoms with van der Waals surface area (Å²) in [7, 11) is 2.62. The van der Waals surface area contributed by atoms with Crippen molar-refractivity contribution in [3.8, 4) is 11.1 Å². The van der Waals surface area contributed by atoms with Gasteiger partial charge in [-0.05, 0) is 93.6 Å². The number of nitrogens with one attached hydrogen (secondary N) is 1. The molecule has 0 unspecified atom stereocenters. The van der Waals surface area contributed by atoms with Crippen molar-refractivity contribution in [3.05, 3.63) is 82.4 Å². The van der Waals surface area contributed by atoms with Crippen molar-refractivity contribution in [2.45, 2.75) is 69.9 Å². The lowest BCUT2D eigenvalue weighted by molar-refractivity contribution is -0.147. The first-order chi connectivity index (χ1) is 20.7. The first-order valence-electron chi connectivity index (χ1n) is 13.9. The van der Waals surface area contributed by atoms with Crippen LogP contribution >= 0.6 is 0 Å². The zero-order chi connectivity index (χ0) is 33.7. The molecular formula is C32H32F7N3O3. The molecule has 0 saturated carbocycles. The number of nitrogens with zero attached hydrogens (tertiary/aromatic N) is 2. The average Bonchev–Trinajstić information content (AvgIpc) is 3.37. The van der Waals surface area contributed by atoms with Crippen LogP contribution in [0.25, 0.3) is 11.1 Å². The van der Waals surface area contributed by atoms with Crippen molar-refractivity contribution in [1.29, 1.82) is 0 Å². The Hall–Kier alpha value is -4.00. The average molecular weight is 640 g/mol. The zero-order valence-corrected chi connectivity index (χ0v) is 25.4. The summed E-state index contributed by atoms with van der Waals surface area (Å²) in [6.45, 7) is 5.83. The summed E-state index contributed by atoms with van der Waals surface area (Å²) in [5, 5.41) is 3.23. The van der Waals surface area contributed by atoms with Crippen LogP contribution in [-0.4, -0.2) is 36.6 Å². The molecule has 1 amide bonds. The third kappa shape index (κ3) is 6.68. The largest absolute Gasteiger partial charge is 0.468 e. The molecular weight excluding hydrogens is 607 g/mol. The second-order valence-corrected chi connectivity index (χ2v) is 11.9. The van der Waals surface area contributed by atoms with Gasteiger partial charge in [0.2, 0.25) is 5.91 Å². The Kier molecular flexibility index (Phi) is 8.84. The first kappa shape index (κ1) is 33.9. The highest BCUT2D eigenvalue weighted by Gasteiger charge is 2.44. The number of aromatic nitrogens is 1. The van der Waals surface area contributed by atoms with Gasteiger partial charge in [0, 0.05) is 12.6 Å². The fraction of sp³-hybridized carbons (Fsp3) is 0.406. The lowest BCUT2D eigenvalue weighted by atomic mass is 9.81. The predicted octanol–water partition coefficient (Wildman–Crippen LogP) is 7.53. The number of anilines is 1. The van der Waals surface area contributed by atoms with Gasteiger partial charge in [-0.1, -0.05) is 6.07 Å². The maximum atomic E-state index is 14.1. The minimum Gasteiger partial charge on any atom is -0.468 e. The Labute approximate surface area is 255 Å². The maximum absolute atomic E-state index is 14.1. The topological polar surface area (TPSA) is 71.5 Å². The molecule has 4 rings (SSSR count).